The molecule has 0 saturated heterocycles. The normalized spacial score (nSPS) is 12.1. The number of imidazole rings is 1. The van der Waals surface area contributed by atoms with E-state index in [0.29, 0.717) is 10.0 Å². The van der Waals surface area contributed by atoms with Gasteiger partial charge in [-0.1, -0.05) is 23.8 Å². The summed E-state index contributed by atoms with van der Waals surface area (Å²) in [6.07, 6.45) is 5.46. The van der Waals surface area contributed by atoms with E-state index in [1.54, 1.807) is 18.6 Å². The van der Waals surface area contributed by atoms with Gasteiger partial charge in [-0.15, -0.1) is 0 Å². The van der Waals surface area contributed by atoms with Crippen LogP contribution in [0.2, 0.25) is 5.02 Å². The lowest BCUT2D eigenvalue weighted by Gasteiger charge is -2.18. The van der Waals surface area contributed by atoms with E-state index in [0.717, 1.165) is 17.8 Å². The van der Waals surface area contributed by atoms with Gasteiger partial charge in [0.1, 0.15) is 4.99 Å². The summed E-state index contributed by atoms with van der Waals surface area (Å²) in [7, 11) is 0. The number of aromatic nitrogens is 2. The van der Waals surface area contributed by atoms with E-state index in [-0.39, 0.29) is 6.04 Å². The molecule has 1 unspecified atom stereocenters. The van der Waals surface area contributed by atoms with E-state index in [1.165, 1.54) is 0 Å². The summed E-state index contributed by atoms with van der Waals surface area (Å²) in [4.78, 5) is 4.37. The van der Waals surface area contributed by atoms with Crippen molar-refractivity contribution in [2.45, 2.75) is 19.5 Å². The molecule has 0 fully saturated rings. The van der Waals surface area contributed by atoms with Gasteiger partial charge in [-0.05, 0) is 25.1 Å². The first-order chi connectivity index (χ1) is 9.06. The maximum Gasteiger partial charge on any atom is 0.106 e. The molecule has 1 atom stereocenters. The summed E-state index contributed by atoms with van der Waals surface area (Å²) in [5, 5.41) is 4.02. The number of rotatable bonds is 5. The van der Waals surface area contributed by atoms with Crippen LogP contribution >= 0.6 is 23.8 Å². The highest BCUT2D eigenvalue weighted by molar-refractivity contribution is 7.80. The Hall–Kier alpha value is -1.59. The topological polar surface area (TPSA) is 55.9 Å². The highest BCUT2D eigenvalue weighted by Gasteiger charge is 2.09. The van der Waals surface area contributed by atoms with Gasteiger partial charge in [0.25, 0.3) is 0 Å². The molecule has 6 heteroatoms. The SMILES string of the molecule is CC(Cn1ccnc1)Nc1cc(Cl)ccc1C(N)=S. The number of halogens is 1. The Balaban J connectivity index is 2.13. The molecule has 4 nitrogen and oxygen atoms in total. The van der Waals surface area contributed by atoms with Crippen LogP contribution in [0.5, 0.6) is 0 Å². The van der Waals surface area contributed by atoms with Gasteiger partial charge in [-0.3, -0.25) is 0 Å². The van der Waals surface area contributed by atoms with Crippen LogP contribution in [0.15, 0.2) is 36.9 Å². The second kappa shape index (κ2) is 6.04. The zero-order valence-electron chi connectivity index (χ0n) is 10.5. The van der Waals surface area contributed by atoms with E-state index in [1.807, 2.05) is 22.9 Å². The third-order valence-electron chi connectivity index (χ3n) is 2.69. The number of nitrogens with two attached hydrogens (primary N) is 1. The second-order valence-electron chi connectivity index (χ2n) is 4.36. The highest BCUT2D eigenvalue weighted by atomic mass is 35.5. The van der Waals surface area contributed by atoms with Crippen LogP contribution in [0.4, 0.5) is 5.69 Å². The second-order valence-corrected chi connectivity index (χ2v) is 5.24. The zero-order valence-corrected chi connectivity index (χ0v) is 12.1. The number of hydrogen-bond donors (Lipinski definition) is 2. The highest BCUT2D eigenvalue weighted by Crippen LogP contribution is 2.22. The predicted molar refractivity (Wildman–Crippen MR) is 82.7 cm³/mol. The van der Waals surface area contributed by atoms with E-state index < -0.39 is 0 Å². The summed E-state index contributed by atoms with van der Waals surface area (Å²) in [5.41, 5.74) is 7.37. The van der Waals surface area contributed by atoms with Gasteiger partial charge in [0.2, 0.25) is 0 Å². The Morgan fingerprint density at radius 3 is 3.00 bits per heavy atom. The lowest BCUT2D eigenvalue weighted by atomic mass is 10.1. The minimum atomic E-state index is 0.195. The largest absolute Gasteiger partial charge is 0.389 e. The minimum absolute atomic E-state index is 0.195. The number of anilines is 1. The van der Waals surface area contributed by atoms with Crippen LogP contribution in [0, 0.1) is 0 Å². The van der Waals surface area contributed by atoms with Crippen LogP contribution < -0.4 is 11.1 Å². The Labute approximate surface area is 122 Å². The van der Waals surface area contributed by atoms with E-state index in [4.69, 9.17) is 29.6 Å². The van der Waals surface area contributed by atoms with Crippen LogP contribution in [0.1, 0.15) is 12.5 Å². The van der Waals surface area contributed by atoms with Crippen molar-refractivity contribution in [2.24, 2.45) is 5.73 Å². The molecule has 0 radical (unpaired) electrons. The average molecular weight is 295 g/mol. The molecular weight excluding hydrogens is 280 g/mol. The number of nitrogens with one attached hydrogen (secondary N) is 1. The van der Waals surface area contributed by atoms with E-state index >= 15 is 0 Å². The van der Waals surface area contributed by atoms with Gasteiger partial charge < -0.3 is 15.6 Å². The first-order valence-electron chi connectivity index (χ1n) is 5.88. The van der Waals surface area contributed by atoms with E-state index in [2.05, 4.69) is 17.2 Å². The molecular formula is C13H15ClN4S. The smallest absolute Gasteiger partial charge is 0.106 e. The summed E-state index contributed by atoms with van der Waals surface area (Å²) in [6.45, 7) is 2.87. The third-order valence-corrected chi connectivity index (χ3v) is 3.15. The molecule has 2 rings (SSSR count). The van der Waals surface area contributed by atoms with Crippen LogP contribution in [-0.4, -0.2) is 20.6 Å². The van der Waals surface area contributed by atoms with Gasteiger partial charge in [-0.2, -0.15) is 0 Å². The third kappa shape index (κ3) is 3.68. The van der Waals surface area contributed by atoms with E-state index in [9.17, 15) is 0 Å². The average Bonchev–Trinajstić information content (AvgIpc) is 2.81. The monoisotopic (exact) mass is 294 g/mol. The Bertz CT molecular complexity index is 568. The molecule has 0 aliphatic rings. The molecule has 1 heterocycles. The molecule has 0 amide bonds. The van der Waals surface area contributed by atoms with Gasteiger partial charge in [-0.25, -0.2) is 4.98 Å². The van der Waals surface area contributed by atoms with Gasteiger partial charge in [0, 0.05) is 41.3 Å². The Kier molecular flexibility index (Phi) is 4.39. The molecule has 0 aliphatic heterocycles. The molecule has 0 bridgehead atoms. The first-order valence-corrected chi connectivity index (χ1v) is 6.66. The van der Waals surface area contributed by atoms with Gasteiger partial charge >= 0.3 is 0 Å². The number of hydrogen-bond acceptors (Lipinski definition) is 3. The lowest BCUT2D eigenvalue weighted by molar-refractivity contribution is 0.619. The van der Waals surface area contributed by atoms with Crippen molar-refractivity contribution in [2.75, 3.05) is 5.32 Å². The maximum absolute atomic E-state index is 6.01. The zero-order chi connectivity index (χ0) is 13.8. The molecule has 19 heavy (non-hydrogen) atoms. The summed E-state index contributed by atoms with van der Waals surface area (Å²) < 4.78 is 2.00. The van der Waals surface area contributed by atoms with Crippen molar-refractivity contribution < 1.29 is 0 Å². The summed E-state index contributed by atoms with van der Waals surface area (Å²) in [5.74, 6) is 0. The Morgan fingerprint density at radius 2 is 2.37 bits per heavy atom. The van der Waals surface area contributed by atoms with Crippen LogP contribution in [0.25, 0.3) is 0 Å². The Morgan fingerprint density at radius 1 is 1.58 bits per heavy atom. The quantitative estimate of drug-likeness (QED) is 0.833. The van der Waals surface area contributed by atoms with Crippen molar-refractivity contribution in [3.8, 4) is 0 Å². The van der Waals surface area contributed by atoms with Gasteiger partial charge in [0.15, 0.2) is 0 Å². The lowest BCUT2D eigenvalue weighted by Crippen LogP contribution is -2.23. The molecule has 0 aliphatic carbocycles. The van der Waals surface area contributed by atoms with Crippen molar-refractivity contribution in [1.82, 2.24) is 9.55 Å². The molecule has 3 N–H and O–H groups in total. The van der Waals surface area contributed by atoms with Crippen molar-refractivity contribution in [1.29, 1.82) is 0 Å². The molecule has 2 aromatic rings. The molecule has 1 aromatic heterocycles. The van der Waals surface area contributed by atoms with Crippen molar-refractivity contribution >= 4 is 34.5 Å². The fourth-order valence-electron chi connectivity index (χ4n) is 1.87. The summed E-state index contributed by atoms with van der Waals surface area (Å²) >= 11 is 11.0. The summed E-state index contributed by atoms with van der Waals surface area (Å²) in [6, 6.07) is 5.64. The fourth-order valence-corrected chi connectivity index (χ4v) is 2.22. The number of thiocarbonyl (C=S) groups is 1. The standard InChI is InChI=1S/C13H15ClN4S/c1-9(7-18-5-4-16-8-18)17-12-6-10(14)2-3-11(12)13(15)19/h2-6,8-9,17H,7H2,1H3,(H2,15,19). The number of benzene rings is 1. The first kappa shape index (κ1) is 13.8. The predicted octanol–water partition coefficient (Wildman–Crippen LogP) is 2.67. The van der Waals surface area contributed by atoms with Gasteiger partial charge in [0.05, 0.1) is 6.33 Å². The molecule has 0 spiro atoms. The minimum Gasteiger partial charge on any atom is -0.389 e. The molecule has 100 valence electrons. The number of nitrogens with zero attached hydrogens (tertiary/aromatic N) is 2. The molecule has 0 saturated carbocycles. The molecule has 1 aromatic carbocycles. The maximum atomic E-state index is 6.01. The van der Waals surface area contributed by atoms with Crippen LogP contribution in [-0.2, 0) is 6.54 Å². The fraction of sp³-hybridized carbons (Fsp3) is 0.231. The van der Waals surface area contributed by atoms with Crippen LogP contribution in [0.3, 0.4) is 0 Å². The van der Waals surface area contributed by atoms with Crippen molar-refractivity contribution in [3.05, 3.63) is 47.5 Å². The van der Waals surface area contributed by atoms with Crippen molar-refractivity contribution in [3.63, 3.8) is 0 Å².